The Balaban J connectivity index is 2.62. The molecule has 0 aliphatic rings. The minimum atomic E-state index is 0.374. The summed E-state index contributed by atoms with van der Waals surface area (Å²) < 4.78 is 0. The van der Waals surface area contributed by atoms with Crippen LogP contribution in [-0.4, -0.2) is 48.1 Å². The third-order valence-electron chi connectivity index (χ3n) is 2.13. The molecule has 0 aliphatic carbocycles. The van der Waals surface area contributed by atoms with Crippen molar-refractivity contribution in [1.82, 2.24) is 14.9 Å². The van der Waals surface area contributed by atoms with Crippen LogP contribution in [0.4, 0.5) is 11.8 Å². The zero-order valence-electron chi connectivity index (χ0n) is 11.4. The number of nitrogens with one attached hydrogen (secondary N) is 2. The summed E-state index contributed by atoms with van der Waals surface area (Å²) in [4.78, 5) is 10.9. The lowest BCUT2D eigenvalue weighted by atomic mass is 10.3. The van der Waals surface area contributed by atoms with Crippen molar-refractivity contribution in [1.29, 1.82) is 0 Å². The van der Waals surface area contributed by atoms with Crippen molar-refractivity contribution in [3.05, 3.63) is 11.8 Å². The minimum absolute atomic E-state index is 0.374. The third-order valence-corrected chi connectivity index (χ3v) is 2.13. The first-order valence-electron chi connectivity index (χ1n) is 5.98. The van der Waals surface area contributed by atoms with Crippen LogP contribution < -0.4 is 10.6 Å². The number of aryl methyl sites for hydroxylation is 1. The van der Waals surface area contributed by atoms with Crippen LogP contribution in [0.5, 0.6) is 0 Å². The fraction of sp³-hybridized carbons (Fsp3) is 0.667. The first kappa shape index (κ1) is 13.7. The van der Waals surface area contributed by atoms with Crippen LogP contribution in [0.2, 0.25) is 0 Å². The van der Waals surface area contributed by atoms with Gasteiger partial charge >= 0.3 is 0 Å². The molecule has 1 aromatic rings. The summed E-state index contributed by atoms with van der Waals surface area (Å²) in [7, 11) is 4.09. The van der Waals surface area contributed by atoms with Gasteiger partial charge in [0.1, 0.15) is 5.82 Å². The lowest BCUT2D eigenvalue weighted by Crippen LogP contribution is -2.22. The number of rotatable bonds is 6. The lowest BCUT2D eigenvalue weighted by Gasteiger charge is -2.13. The van der Waals surface area contributed by atoms with Gasteiger partial charge in [0.15, 0.2) is 0 Å². The van der Waals surface area contributed by atoms with Crippen LogP contribution in [0, 0.1) is 6.92 Å². The van der Waals surface area contributed by atoms with E-state index in [1.807, 2.05) is 27.1 Å². The standard InChI is InChI=1S/C12H23N5/c1-9(2)14-11-8-10(3)15-12(16-11)13-6-7-17(4)5/h8-9H,6-7H2,1-5H3,(H2,13,14,15,16). The van der Waals surface area contributed by atoms with Gasteiger partial charge in [-0.15, -0.1) is 0 Å². The maximum Gasteiger partial charge on any atom is 0.224 e. The molecule has 0 bridgehead atoms. The van der Waals surface area contributed by atoms with Gasteiger partial charge in [-0.2, -0.15) is 4.98 Å². The second-order valence-electron chi connectivity index (χ2n) is 4.75. The zero-order valence-corrected chi connectivity index (χ0v) is 11.4. The Bertz CT molecular complexity index is 349. The fourth-order valence-electron chi connectivity index (χ4n) is 1.41. The molecule has 0 saturated heterocycles. The molecule has 0 aromatic carbocycles. The zero-order chi connectivity index (χ0) is 12.8. The second-order valence-corrected chi connectivity index (χ2v) is 4.75. The average molecular weight is 237 g/mol. The number of aromatic nitrogens is 2. The molecule has 0 saturated carbocycles. The van der Waals surface area contributed by atoms with Crippen molar-refractivity contribution >= 4 is 11.8 Å². The molecule has 96 valence electrons. The van der Waals surface area contributed by atoms with E-state index >= 15 is 0 Å². The van der Waals surface area contributed by atoms with E-state index in [1.165, 1.54) is 0 Å². The highest BCUT2D eigenvalue weighted by molar-refractivity contribution is 5.42. The molecular formula is C12H23N5. The molecule has 5 nitrogen and oxygen atoms in total. The van der Waals surface area contributed by atoms with Gasteiger partial charge in [0.25, 0.3) is 0 Å². The van der Waals surface area contributed by atoms with Gasteiger partial charge in [0, 0.05) is 30.9 Å². The summed E-state index contributed by atoms with van der Waals surface area (Å²) in [5.74, 6) is 1.56. The van der Waals surface area contributed by atoms with Gasteiger partial charge < -0.3 is 15.5 Å². The number of hydrogen-bond acceptors (Lipinski definition) is 5. The van der Waals surface area contributed by atoms with Crippen molar-refractivity contribution in [2.45, 2.75) is 26.8 Å². The van der Waals surface area contributed by atoms with Crippen molar-refractivity contribution in [2.24, 2.45) is 0 Å². The van der Waals surface area contributed by atoms with Crippen LogP contribution >= 0.6 is 0 Å². The van der Waals surface area contributed by atoms with Crippen LogP contribution in [-0.2, 0) is 0 Å². The summed E-state index contributed by atoms with van der Waals surface area (Å²) in [5, 5.41) is 6.51. The summed E-state index contributed by atoms with van der Waals surface area (Å²) in [6, 6.07) is 2.33. The van der Waals surface area contributed by atoms with Gasteiger partial charge in [-0.25, -0.2) is 4.98 Å². The normalized spacial score (nSPS) is 11.0. The molecule has 0 radical (unpaired) electrons. The Morgan fingerprint density at radius 1 is 1.29 bits per heavy atom. The molecule has 0 unspecified atom stereocenters. The lowest BCUT2D eigenvalue weighted by molar-refractivity contribution is 0.425. The van der Waals surface area contributed by atoms with E-state index in [4.69, 9.17) is 0 Å². The first-order chi connectivity index (χ1) is 7.97. The van der Waals surface area contributed by atoms with Gasteiger partial charge in [-0.05, 0) is 34.9 Å². The van der Waals surface area contributed by atoms with E-state index in [-0.39, 0.29) is 0 Å². The average Bonchev–Trinajstić information content (AvgIpc) is 2.14. The molecule has 0 aliphatic heterocycles. The van der Waals surface area contributed by atoms with E-state index < -0.39 is 0 Å². The molecule has 1 rings (SSSR count). The second kappa shape index (κ2) is 6.39. The maximum atomic E-state index is 4.42. The molecule has 2 N–H and O–H groups in total. The van der Waals surface area contributed by atoms with Crippen LogP contribution in [0.1, 0.15) is 19.5 Å². The molecule has 5 heteroatoms. The van der Waals surface area contributed by atoms with Gasteiger partial charge in [-0.3, -0.25) is 0 Å². The summed E-state index contributed by atoms with van der Waals surface area (Å²) in [5.41, 5.74) is 0.968. The predicted molar refractivity (Wildman–Crippen MR) is 72.6 cm³/mol. The van der Waals surface area contributed by atoms with E-state index in [9.17, 15) is 0 Å². The highest BCUT2D eigenvalue weighted by Gasteiger charge is 2.03. The van der Waals surface area contributed by atoms with E-state index in [0.29, 0.717) is 12.0 Å². The SMILES string of the molecule is Cc1cc(NC(C)C)nc(NCCN(C)C)n1. The minimum Gasteiger partial charge on any atom is -0.368 e. The Hall–Kier alpha value is -1.36. The van der Waals surface area contributed by atoms with Crippen LogP contribution in [0.15, 0.2) is 6.07 Å². The summed E-state index contributed by atoms with van der Waals surface area (Å²) in [6.45, 7) is 7.97. The molecular weight excluding hydrogens is 214 g/mol. The van der Waals surface area contributed by atoms with Crippen molar-refractivity contribution in [3.8, 4) is 0 Å². The summed E-state index contributed by atoms with van der Waals surface area (Å²) >= 11 is 0. The highest BCUT2D eigenvalue weighted by Crippen LogP contribution is 2.10. The van der Waals surface area contributed by atoms with E-state index in [2.05, 4.69) is 39.3 Å². The Kier molecular flexibility index (Phi) is 5.15. The Morgan fingerprint density at radius 3 is 2.59 bits per heavy atom. The van der Waals surface area contributed by atoms with Crippen molar-refractivity contribution in [2.75, 3.05) is 37.8 Å². The molecule has 0 atom stereocenters. The van der Waals surface area contributed by atoms with Crippen LogP contribution in [0.25, 0.3) is 0 Å². The van der Waals surface area contributed by atoms with Crippen LogP contribution in [0.3, 0.4) is 0 Å². The van der Waals surface area contributed by atoms with E-state index in [1.54, 1.807) is 0 Å². The Morgan fingerprint density at radius 2 is 2.00 bits per heavy atom. The van der Waals surface area contributed by atoms with E-state index in [0.717, 1.165) is 24.6 Å². The molecule has 0 fully saturated rings. The van der Waals surface area contributed by atoms with Gasteiger partial charge in [0.05, 0.1) is 0 Å². The molecule has 1 aromatic heterocycles. The maximum absolute atomic E-state index is 4.42. The first-order valence-corrected chi connectivity index (χ1v) is 5.98. The Labute approximate surface area is 104 Å². The summed E-state index contributed by atoms with van der Waals surface area (Å²) in [6.07, 6.45) is 0. The quantitative estimate of drug-likeness (QED) is 0.786. The van der Waals surface area contributed by atoms with Gasteiger partial charge in [-0.1, -0.05) is 0 Å². The molecule has 17 heavy (non-hydrogen) atoms. The van der Waals surface area contributed by atoms with Crippen molar-refractivity contribution < 1.29 is 0 Å². The topological polar surface area (TPSA) is 53.1 Å². The number of likely N-dealkylation sites (N-methyl/N-ethyl adjacent to an activating group) is 1. The van der Waals surface area contributed by atoms with Gasteiger partial charge in [0.2, 0.25) is 5.95 Å². The fourth-order valence-corrected chi connectivity index (χ4v) is 1.41. The number of nitrogens with zero attached hydrogens (tertiary/aromatic N) is 3. The molecule has 0 amide bonds. The largest absolute Gasteiger partial charge is 0.368 e. The number of hydrogen-bond donors (Lipinski definition) is 2. The van der Waals surface area contributed by atoms with Crippen molar-refractivity contribution in [3.63, 3.8) is 0 Å². The molecule has 0 spiro atoms. The number of anilines is 2. The monoisotopic (exact) mass is 237 g/mol. The smallest absolute Gasteiger partial charge is 0.224 e. The third kappa shape index (κ3) is 5.49. The highest BCUT2D eigenvalue weighted by atomic mass is 15.2. The predicted octanol–water partition coefficient (Wildman–Crippen LogP) is 1.58. The molecule has 1 heterocycles.